The van der Waals surface area contributed by atoms with Crippen molar-refractivity contribution < 1.29 is 5.11 Å². The van der Waals surface area contributed by atoms with Crippen molar-refractivity contribution in [3.63, 3.8) is 0 Å². The largest absolute Gasteiger partial charge is 0.507 e. The molecule has 19 heavy (non-hydrogen) atoms. The number of phenolic OH excluding ortho intramolecular Hbond substituents is 1. The highest BCUT2D eigenvalue weighted by Gasteiger charge is 2.11. The summed E-state index contributed by atoms with van der Waals surface area (Å²) in [6, 6.07) is 9.15. The van der Waals surface area contributed by atoms with E-state index in [-0.39, 0.29) is 5.75 Å². The third-order valence-electron chi connectivity index (χ3n) is 3.14. The van der Waals surface area contributed by atoms with Gasteiger partial charge in [0.1, 0.15) is 11.6 Å². The molecule has 0 saturated heterocycles. The van der Waals surface area contributed by atoms with Gasteiger partial charge in [0.2, 0.25) is 0 Å². The zero-order valence-electron chi connectivity index (χ0n) is 10.7. The fourth-order valence-electron chi connectivity index (χ4n) is 2.30. The number of halogens is 1. The van der Waals surface area contributed by atoms with Crippen LogP contribution in [0.2, 0.25) is 5.02 Å². The Morgan fingerprint density at radius 1 is 1.16 bits per heavy atom. The zero-order valence-corrected chi connectivity index (χ0v) is 11.4. The van der Waals surface area contributed by atoms with Gasteiger partial charge in [-0.2, -0.15) is 0 Å². The molecule has 3 aromatic rings. The number of nitrogens with one attached hydrogen (secondary N) is 1. The van der Waals surface area contributed by atoms with E-state index >= 15 is 0 Å². The first-order valence-corrected chi connectivity index (χ1v) is 6.38. The van der Waals surface area contributed by atoms with Gasteiger partial charge in [0.25, 0.3) is 0 Å². The van der Waals surface area contributed by atoms with Crippen LogP contribution in [-0.2, 0) is 0 Å². The molecule has 3 nitrogen and oxygen atoms in total. The van der Waals surface area contributed by atoms with E-state index in [2.05, 4.69) is 16.0 Å². The highest BCUT2D eigenvalue weighted by molar-refractivity contribution is 6.30. The van der Waals surface area contributed by atoms with Gasteiger partial charge in [-0.25, -0.2) is 4.98 Å². The molecule has 1 heterocycles. The van der Waals surface area contributed by atoms with Crippen LogP contribution in [0.4, 0.5) is 0 Å². The van der Waals surface area contributed by atoms with E-state index < -0.39 is 0 Å². The molecule has 2 aromatic carbocycles. The Labute approximate surface area is 115 Å². The van der Waals surface area contributed by atoms with Gasteiger partial charge >= 0.3 is 0 Å². The molecule has 0 unspecified atom stereocenters. The maximum Gasteiger partial charge on any atom is 0.142 e. The summed E-state index contributed by atoms with van der Waals surface area (Å²) in [5.74, 6) is 0.777. The van der Waals surface area contributed by atoms with E-state index in [1.807, 2.05) is 19.9 Å². The molecule has 0 aliphatic heterocycles. The topological polar surface area (TPSA) is 48.9 Å². The number of H-pyrrole nitrogens is 1. The van der Waals surface area contributed by atoms with E-state index in [1.165, 1.54) is 11.6 Å². The molecule has 0 radical (unpaired) electrons. The van der Waals surface area contributed by atoms with E-state index in [0.717, 1.165) is 16.6 Å². The molecule has 0 atom stereocenters. The van der Waals surface area contributed by atoms with Gasteiger partial charge in [-0.3, -0.25) is 0 Å². The van der Waals surface area contributed by atoms with Gasteiger partial charge in [-0.05, 0) is 49.2 Å². The molecule has 0 fully saturated rings. The highest BCUT2D eigenvalue weighted by Crippen LogP contribution is 2.31. The molecule has 0 bridgehead atoms. The molecule has 2 N–H and O–H groups in total. The number of hydrogen-bond acceptors (Lipinski definition) is 2. The van der Waals surface area contributed by atoms with E-state index in [0.29, 0.717) is 16.4 Å². The Hall–Kier alpha value is -2.00. The van der Waals surface area contributed by atoms with Gasteiger partial charge < -0.3 is 10.1 Å². The van der Waals surface area contributed by atoms with Crippen molar-refractivity contribution in [2.75, 3.05) is 0 Å². The standard InChI is InChI=1S/C15H13ClN2O/c1-8-5-9(2)14-12(6-8)17-15(18-14)11-4-3-10(16)7-13(11)19/h3-7,19H,1-2H3,(H,17,18). The fourth-order valence-corrected chi connectivity index (χ4v) is 2.47. The monoisotopic (exact) mass is 272 g/mol. The van der Waals surface area contributed by atoms with E-state index in [1.54, 1.807) is 12.1 Å². The Kier molecular flexibility index (Phi) is 2.72. The van der Waals surface area contributed by atoms with Crippen LogP contribution in [-0.4, -0.2) is 15.1 Å². The first-order chi connectivity index (χ1) is 9.04. The molecule has 96 valence electrons. The molecular weight excluding hydrogens is 260 g/mol. The Morgan fingerprint density at radius 2 is 1.95 bits per heavy atom. The lowest BCUT2D eigenvalue weighted by molar-refractivity contribution is 0.477. The molecular formula is C15H13ClN2O. The lowest BCUT2D eigenvalue weighted by Crippen LogP contribution is -1.81. The van der Waals surface area contributed by atoms with Crippen LogP contribution in [0.3, 0.4) is 0 Å². The average molecular weight is 273 g/mol. The maximum absolute atomic E-state index is 9.95. The number of benzene rings is 2. The number of aryl methyl sites for hydroxylation is 2. The number of aromatic amines is 1. The van der Waals surface area contributed by atoms with Crippen molar-refractivity contribution in [3.05, 3.63) is 46.5 Å². The smallest absolute Gasteiger partial charge is 0.142 e. The van der Waals surface area contributed by atoms with Crippen LogP contribution in [0.1, 0.15) is 11.1 Å². The number of hydrogen-bond donors (Lipinski definition) is 2. The second kappa shape index (κ2) is 4.28. The van der Waals surface area contributed by atoms with Gasteiger partial charge in [-0.15, -0.1) is 0 Å². The third kappa shape index (κ3) is 2.06. The summed E-state index contributed by atoms with van der Waals surface area (Å²) < 4.78 is 0. The summed E-state index contributed by atoms with van der Waals surface area (Å²) in [7, 11) is 0. The SMILES string of the molecule is Cc1cc(C)c2nc(-c3ccc(Cl)cc3O)[nH]c2c1. The van der Waals surface area contributed by atoms with E-state index in [9.17, 15) is 5.11 Å². The summed E-state index contributed by atoms with van der Waals surface area (Å²) in [6.45, 7) is 4.08. The van der Waals surface area contributed by atoms with E-state index in [4.69, 9.17) is 11.6 Å². The molecule has 3 rings (SSSR count). The van der Waals surface area contributed by atoms with Crippen molar-refractivity contribution in [1.29, 1.82) is 0 Å². The molecule has 0 spiro atoms. The lowest BCUT2D eigenvalue weighted by Gasteiger charge is -2.00. The molecule has 1 aromatic heterocycles. The van der Waals surface area contributed by atoms with Gasteiger partial charge in [0.15, 0.2) is 0 Å². The Bertz CT molecular complexity index is 777. The van der Waals surface area contributed by atoms with Crippen LogP contribution < -0.4 is 0 Å². The van der Waals surface area contributed by atoms with Crippen LogP contribution >= 0.6 is 11.6 Å². The summed E-state index contributed by atoms with van der Waals surface area (Å²) in [4.78, 5) is 7.80. The van der Waals surface area contributed by atoms with Crippen molar-refractivity contribution >= 4 is 22.6 Å². The molecule has 0 aliphatic carbocycles. The predicted molar refractivity (Wildman–Crippen MR) is 77.7 cm³/mol. The first-order valence-electron chi connectivity index (χ1n) is 6.00. The minimum absolute atomic E-state index is 0.126. The highest BCUT2D eigenvalue weighted by atomic mass is 35.5. The van der Waals surface area contributed by atoms with Gasteiger partial charge in [0, 0.05) is 5.02 Å². The van der Waals surface area contributed by atoms with Crippen LogP contribution in [0, 0.1) is 13.8 Å². The Balaban J connectivity index is 2.23. The number of nitrogens with zero attached hydrogens (tertiary/aromatic N) is 1. The molecule has 0 saturated carbocycles. The van der Waals surface area contributed by atoms with Crippen molar-refractivity contribution in [2.24, 2.45) is 0 Å². The Morgan fingerprint density at radius 3 is 2.68 bits per heavy atom. The zero-order chi connectivity index (χ0) is 13.6. The maximum atomic E-state index is 9.95. The summed E-state index contributed by atoms with van der Waals surface area (Å²) in [5, 5.41) is 10.5. The summed E-state index contributed by atoms with van der Waals surface area (Å²) >= 11 is 5.84. The van der Waals surface area contributed by atoms with Crippen molar-refractivity contribution in [3.8, 4) is 17.1 Å². The summed E-state index contributed by atoms with van der Waals surface area (Å²) in [6.07, 6.45) is 0. The second-order valence-electron chi connectivity index (χ2n) is 4.72. The number of imidazole rings is 1. The minimum Gasteiger partial charge on any atom is -0.507 e. The van der Waals surface area contributed by atoms with Crippen molar-refractivity contribution in [2.45, 2.75) is 13.8 Å². The number of aromatic nitrogens is 2. The summed E-state index contributed by atoms with van der Waals surface area (Å²) in [5.41, 5.74) is 4.85. The third-order valence-corrected chi connectivity index (χ3v) is 3.37. The number of aromatic hydroxyl groups is 1. The number of rotatable bonds is 1. The fraction of sp³-hybridized carbons (Fsp3) is 0.133. The quantitative estimate of drug-likeness (QED) is 0.697. The van der Waals surface area contributed by atoms with Crippen LogP contribution in [0.5, 0.6) is 5.75 Å². The normalized spacial score (nSPS) is 11.1. The average Bonchev–Trinajstić information content (AvgIpc) is 2.72. The molecule has 0 amide bonds. The predicted octanol–water partition coefficient (Wildman–Crippen LogP) is 4.21. The second-order valence-corrected chi connectivity index (χ2v) is 5.16. The lowest BCUT2D eigenvalue weighted by atomic mass is 10.1. The van der Waals surface area contributed by atoms with Crippen LogP contribution in [0.15, 0.2) is 30.3 Å². The minimum atomic E-state index is 0.126. The molecule has 0 aliphatic rings. The number of fused-ring (bicyclic) bond motifs is 1. The van der Waals surface area contributed by atoms with Gasteiger partial charge in [0.05, 0.1) is 16.6 Å². The van der Waals surface area contributed by atoms with Crippen molar-refractivity contribution in [1.82, 2.24) is 9.97 Å². The van der Waals surface area contributed by atoms with Gasteiger partial charge in [-0.1, -0.05) is 17.7 Å². The van der Waals surface area contributed by atoms with Crippen LogP contribution in [0.25, 0.3) is 22.4 Å². The first kappa shape index (κ1) is 12.1. The number of phenols is 1. The molecule has 4 heteroatoms.